The molecule has 2 aliphatic rings. The summed E-state index contributed by atoms with van der Waals surface area (Å²) in [6, 6.07) is 17.1. The molecule has 2 unspecified atom stereocenters. The normalized spacial score (nSPS) is 21.6. The second-order valence-electron chi connectivity index (χ2n) is 7.69. The molecule has 2 N–H and O–H groups in total. The molecule has 0 radical (unpaired) electrons. The van der Waals surface area contributed by atoms with E-state index in [1.54, 1.807) is 0 Å². The lowest BCUT2D eigenvalue weighted by molar-refractivity contribution is 0.0597. The van der Waals surface area contributed by atoms with Crippen LogP contribution < -0.4 is 5.73 Å². The summed E-state index contributed by atoms with van der Waals surface area (Å²) in [5.41, 5.74) is 10.8. The van der Waals surface area contributed by atoms with E-state index in [4.69, 9.17) is 10.5 Å². The zero-order valence-corrected chi connectivity index (χ0v) is 15.9. The van der Waals surface area contributed by atoms with Crippen molar-refractivity contribution in [2.45, 2.75) is 38.1 Å². The highest BCUT2D eigenvalue weighted by molar-refractivity contribution is 5.79. The van der Waals surface area contributed by atoms with Crippen molar-refractivity contribution in [2.75, 3.05) is 19.7 Å². The monoisotopic (exact) mass is 364 g/mol. The molecule has 0 spiro atoms. The number of benzene rings is 2. The largest absolute Gasteiger partial charge is 0.448 e. The molecule has 1 aliphatic heterocycles. The highest BCUT2D eigenvalue weighted by Gasteiger charge is 2.33. The molecule has 4 rings (SSSR count). The van der Waals surface area contributed by atoms with Gasteiger partial charge in [0.2, 0.25) is 0 Å². The summed E-state index contributed by atoms with van der Waals surface area (Å²) in [6.07, 6.45) is 2.72. The van der Waals surface area contributed by atoms with E-state index in [1.165, 1.54) is 22.3 Å². The molecule has 0 aromatic heterocycles. The Kier molecular flexibility index (Phi) is 5.17. The van der Waals surface area contributed by atoms with Crippen LogP contribution in [0.25, 0.3) is 11.1 Å². The summed E-state index contributed by atoms with van der Waals surface area (Å²) >= 11 is 0. The van der Waals surface area contributed by atoms with Crippen LogP contribution in [-0.4, -0.2) is 36.7 Å². The Bertz CT molecular complexity index is 774. The van der Waals surface area contributed by atoms with Gasteiger partial charge >= 0.3 is 6.09 Å². The van der Waals surface area contributed by atoms with E-state index < -0.39 is 0 Å². The summed E-state index contributed by atoms with van der Waals surface area (Å²) in [5, 5.41) is 0. The third-order valence-corrected chi connectivity index (χ3v) is 6.20. The molecule has 1 saturated heterocycles. The number of fused-ring (bicyclic) bond motifs is 3. The Balaban J connectivity index is 1.48. The van der Waals surface area contributed by atoms with E-state index in [9.17, 15) is 4.79 Å². The molecule has 27 heavy (non-hydrogen) atoms. The summed E-state index contributed by atoms with van der Waals surface area (Å²) < 4.78 is 5.84. The van der Waals surface area contributed by atoms with E-state index in [2.05, 4.69) is 55.5 Å². The number of ether oxygens (including phenoxy) is 1. The maximum absolute atomic E-state index is 12.8. The Labute approximate surface area is 161 Å². The number of nitrogens with zero attached hydrogens (tertiary/aromatic N) is 1. The Morgan fingerprint density at radius 3 is 2.33 bits per heavy atom. The third kappa shape index (κ3) is 3.34. The number of carbonyl (C=O) groups excluding carboxylic acids is 1. The molecule has 2 aromatic rings. The van der Waals surface area contributed by atoms with E-state index >= 15 is 0 Å². The van der Waals surface area contributed by atoms with Gasteiger partial charge in [-0.25, -0.2) is 4.79 Å². The zero-order chi connectivity index (χ0) is 18.8. The smallest absolute Gasteiger partial charge is 0.410 e. The van der Waals surface area contributed by atoms with Crippen LogP contribution in [0.1, 0.15) is 43.2 Å². The Morgan fingerprint density at radius 1 is 1.11 bits per heavy atom. The number of amides is 1. The SMILES string of the molecule is CCC1CC(CN)CCN1C(=O)OCC1c2ccccc2-c2ccccc21. The fourth-order valence-corrected chi connectivity index (χ4v) is 4.65. The van der Waals surface area contributed by atoms with Crippen LogP contribution in [0.2, 0.25) is 0 Å². The average molecular weight is 364 g/mol. The second kappa shape index (κ2) is 7.73. The number of nitrogens with two attached hydrogens (primary N) is 1. The van der Waals surface area contributed by atoms with Crippen molar-refractivity contribution in [1.29, 1.82) is 0 Å². The topological polar surface area (TPSA) is 55.6 Å². The van der Waals surface area contributed by atoms with Gasteiger partial charge in [-0.3, -0.25) is 0 Å². The second-order valence-corrected chi connectivity index (χ2v) is 7.69. The Morgan fingerprint density at radius 2 is 1.74 bits per heavy atom. The van der Waals surface area contributed by atoms with Crippen molar-refractivity contribution in [2.24, 2.45) is 11.7 Å². The number of rotatable bonds is 4. The number of carbonyl (C=O) groups is 1. The van der Waals surface area contributed by atoms with Gasteiger partial charge in [0.05, 0.1) is 0 Å². The molecule has 1 aliphatic carbocycles. The highest BCUT2D eigenvalue weighted by atomic mass is 16.6. The quantitative estimate of drug-likeness (QED) is 0.876. The van der Waals surface area contributed by atoms with Crippen molar-refractivity contribution in [3.8, 4) is 11.1 Å². The maximum atomic E-state index is 12.8. The molecule has 2 aromatic carbocycles. The fourth-order valence-electron chi connectivity index (χ4n) is 4.65. The van der Waals surface area contributed by atoms with Gasteiger partial charge < -0.3 is 15.4 Å². The van der Waals surface area contributed by atoms with Gasteiger partial charge in [-0.15, -0.1) is 0 Å². The molecule has 0 bridgehead atoms. The number of hydrogen-bond donors (Lipinski definition) is 1. The van der Waals surface area contributed by atoms with Crippen LogP contribution in [0, 0.1) is 5.92 Å². The first-order valence-corrected chi connectivity index (χ1v) is 10.0. The number of piperidine rings is 1. The summed E-state index contributed by atoms with van der Waals surface area (Å²) in [4.78, 5) is 14.7. The van der Waals surface area contributed by atoms with Crippen LogP contribution >= 0.6 is 0 Å². The summed E-state index contributed by atoms with van der Waals surface area (Å²) in [7, 11) is 0. The van der Waals surface area contributed by atoms with E-state index in [0.717, 1.165) is 25.8 Å². The maximum Gasteiger partial charge on any atom is 0.410 e. The number of likely N-dealkylation sites (tertiary alicyclic amines) is 1. The molecule has 4 nitrogen and oxygen atoms in total. The van der Waals surface area contributed by atoms with Gasteiger partial charge in [-0.2, -0.15) is 0 Å². The zero-order valence-electron chi connectivity index (χ0n) is 15.9. The van der Waals surface area contributed by atoms with Gasteiger partial charge in [0.1, 0.15) is 6.61 Å². The lowest BCUT2D eigenvalue weighted by Gasteiger charge is -2.38. The van der Waals surface area contributed by atoms with Crippen LogP contribution in [0.15, 0.2) is 48.5 Å². The molecule has 1 heterocycles. The minimum Gasteiger partial charge on any atom is -0.448 e. The van der Waals surface area contributed by atoms with E-state index in [1.807, 2.05) is 4.90 Å². The first-order valence-electron chi connectivity index (χ1n) is 10.0. The van der Waals surface area contributed by atoms with Crippen LogP contribution in [0.4, 0.5) is 4.79 Å². The third-order valence-electron chi connectivity index (χ3n) is 6.20. The first-order chi connectivity index (χ1) is 13.2. The molecule has 4 heteroatoms. The fraction of sp³-hybridized carbons (Fsp3) is 0.435. The molecule has 0 saturated carbocycles. The minimum atomic E-state index is -0.181. The standard InChI is InChI=1S/C23H28N2O2/c1-2-17-13-16(14-24)11-12-25(17)23(26)27-15-22-20-9-5-3-7-18(20)19-8-4-6-10-21(19)22/h3-10,16-17,22H,2,11-15,24H2,1H3. The van der Waals surface area contributed by atoms with Crippen molar-refractivity contribution in [1.82, 2.24) is 4.90 Å². The van der Waals surface area contributed by atoms with E-state index in [-0.39, 0.29) is 18.1 Å². The predicted molar refractivity (Wildman–Crippen MR) is 108 cm³/mol. The van der Waals surface area contributed by atoms with Crippen LogP contribution in [0.5, 0.6) is 0 Å². The van der Waals surface area contributed by atoms with Gasteiger partial charge in [-0.1, -0.05) is 55.5 Å². The lowest BCUT2D eigenvalue weighted by atomic mass is 9.90. The molecular formula is C23H28N2O2. The van der Waals surface area contributed by atoms with Crippen molar-refractivity contribution in [3.63, 3.8) is 0 Å². The van der Waals surface area contributed by atoms with Crippen LogP contribution in [-0.2, 0) is 4.74 Å². The van der Waals surface area contributed by atoms with E-state index in [0.29, 0.717) is 19.1 Å². The predicted octanol–water partition coefficient (Wildman–Crippen LogP) is 4.38. The molecular weight excluding hydrogens is 336 g/mol. The van der Waals surface area contributed by atoms with Gasteiger partial charge in [0.25, 0.3) is 0 Å². The summed E-state index contributed by atoms with van der Waals surface area (Å²) in [6.45, 7) is 3.97. The highest BCUT2D eigenvalue weighted by Crippen LogP contribution is 2.44. The molecule has 142 valence electrons. The minimum absolute atomic E-state index is 0.114. The first kappa shape index (κ1) is 18.1. The lowest BCUT2D eigenvalue weighted by Crippen LogP contribution is -2.47. The van der Waals surface area contributed by atoms with Crippen molar-refractivity contribution in [3.05, 3.63) is 59.7 Å². The van der Waals surface area contributed by atoms with Crippen molar-refractivity contribution < 1.29 is 9.53 Å². The van der Waals surface area contributed by atoms with Gasteiger partial charge in [-0.05, 0) is 54.0 Å². The van der Waals surface area contributed by atoms with Crippen molar-refractivity contribution >= 4 is 6.09 Å². The number of hydrogen-bond acceptors (Lipinski definition) is 3. The molecule has 1 amide bonds. The van der Waals surface area contributed by atoms with Gasteiger partial charge in [0.15, 0.2) is 0 Å². The average Bonchev–Trinajstić information content (AvgIpc) is 3.05. The van der Waals surface area contributed by atoms with Crippen LogP contribution in [0.3, 0.4) is 0 Å². The Hall–Kier alpha value is -2.33. The summed E-state index contributed by atoms with van der Waals surface area (Å²) in [5.74, 6) is 0.635. The molecule has 2 atom stereocenters. The molecule has 1 fully saturated rings. The van der Waals surface area contributed by atoms with Gasteiger partial charge in [0, 0.05) is 18.5 Å².